The third kappa shape index (κ3) is 5.48. The number of hydrogen-bond acceptors (Lipinski definition) is 2. The van der Waals surface area contributed by atoms with Crippen LogP contribution >= 0.6 is 0 Å². The van der Waals surface area contributed by atoms with Crippen LogP contribution in [-0.2, 0) is 4.79 Å². The zero-order valence-corrected chi connectivity index (χ0v) is 11.6. The quantitative estimate of drug-likeness (QED) is 0.808. The molecule has 0 radical (unpaired) electrons. The van der Waals surface area contributed by atoms with E-state index in [2.05, 4.69) is 5.32 Å². The molecule has 110 valence electrons. The summed E-state index contributed by atoms with van der Waals surface area (Å²) in [6, 6.07) is 3.00. The van der Waals surface area contributed by atoms with Crippen LogP contribution in [0.5, 0.6) is 0 Å². The molecular formula is C15H19F2NO2. The summed E-state index contributed by atoms with van der Waals surface area (Å²) >= 11 is 0. The summed E-state index contributed by atoms with van der Waals surface area (Å²) in [5, 5.41) is 11.9. The van der Waals surface area contributed by atoms with Crippen molar-refractivity contribution in [3.63, 3.8) is 0 Å². The Kier molecular flexibility index (Phi) is 6.31. The number of halogens is 2. The molecule has 0 aliphatic carbocycles. The van der Waals surface area contributed by atoms with E-state index in [1.807, 2.05) is 13.8 Å². The highest BCUT2D eigenvalue weighted by molar-refractivity contribution is 5.73. The Balaban J connectivity index is 2.51. The molecule has 5 heteroatoms. The zero-order chi connectivity index (χ0) is 15.1. The van der Waals surface area contributed by atoms with E-state index in [1.54, 1.807) is 12.2 Å². The van der Waals surface area contributed by atoms with Crippen LogP contribution < -0.4 is 5.32 Å². The number of carboxylic acids is 1. The molecule has 1 aromatic carbocycles. The molecule has 1 aromatic rings. The van der Waals surface area contributed by atoms with Crippen molar-refractivity contribution in [2.45, 2.75) is 26.3 Å². The fourth-order valence-electron chi connectivity index (χ4n) is 1.76. The molecule has 0 saturated carbocycles. The number of rotatable bonds is 7. The van der Waals surface area contributed by atoms with Crippen molar-refractivity contribution in [3.8, 4) is 0 Å². The van der Waals surface area contributed by atoms with Gasteiger partial charge in [0, 0.05) is 6.54 Å². The Labute approximate surface area is 117 Å². The molecule has 3 nitrogen and oxygen atoms in total. The van der Waals surface area contributed by atoms with Crippen LogP contribution in [0.3, 0.4) is 0 Å². The minimum atomic E-state index is -0.900. The van der Waals surface area contributed by atoms with Gasteiger partial charge >= 0.3 is 5.97 Å². The summed E-state index contributed by atoms with van der Waals surface area (Å²) in [5.74, 6) is -2.40. The molecule has 0 spiro atoms. The van der Waals surface area contributed by atoms with Crippen molar-refractivity contribution >= 4 is 12.0 Å². The summed E-state index contributed by atoms with van der Waals surface area (Å²) in [7, 11) is 0. The van der Waals surface area contributed by atoms with Crippen molar-refractivity contribution in [2.75, 3.05) is 6.54 Å². The Morgan fingerprint density at radius 2 is 2.05 bits per heavy atom. The van der Waals surface area contributed by atoms with Crippen LogP contribution in [0.4, 0.5) is 8.78 Å². The Bertz CT molecular complexity index is 487. The van der Waals surface area contributed by atoms with Gasteiger partial charge in [-0.05, 0) is 30.0 Å². The summed E-state index contributed by atoms with van der Waals surface area (Å²) < 4.78 is 25.7. The molecule has 0 aliphatic rings. The first kappa shape index (κ1) is 16.3. The summed E-state index contributed by atoms with van der Waals surface area (Å²) in [6.07, 6.45) is 3.83. The monoisotopic (exact) mass is 283 g/mol. The zero-order valence-electron chi connectivity index (χ0n) is 11.6. The van der Waals surface area contributed by atoms with Gasteiger partial charge in [-0.15, -0.1) is 0 Å². The number of carboxylic acid groups (broad SMARTS) is 1. The molecule has 1 atom stereocenters. The van der Waals surface area contributed by atoms with Crippen molar-refractivity contribution in [2.24, 2.45) is 5.92 Å². The Morgan fingerprint density at radius 1 is 1.35 bits per heavy atom. The second-order valence-corrected chi connectivity index (χ2v) is 5.00. The Morgan fingerprint density at radius 3 is 2.60 bits per heavy atom. The number of benzene rings is 1. The van der Waals surface area contributed by atoms with E-state index in [9.17, 15) is 13.6 Å². The van der Waals surface area contributed by atoms with Crippen LogP contribution in [0.2, 0.25) is 0 Å². The van der Waals surface area contributed by atoms with Crippen LogP contribution in [0, 0.1) is 17.6 Å². The predicted molar refractivity (Wildman–Crippen MR) is 74.3 cm³/mol. The number of carbonyl (C=O) groups is 1. The third-order valence-corrected chi connectivity index (χ3v) is 2.74. The van der Waals surface area contributed by atoms with Gasteiger partial charge in [0.2, 0.25) is 0 Å². The van der Waals surface area contributed by atoms with Crippen molar-refractivity contribution in [3.05, 3.63) is 41.5 Å². The molecule has 0 amide bonds. The van der Waals surface area contributed by atoms with Gasteiger partial charge in [-0.2, -0.15) is 0 Å². The minimum Gasteiger partial charge on any atom is -0.480 e. The Hall–Kier alpha value is -1.75. The third-order valence-electron chi connectivity index (χ3n) is 2.74. The SMILES string of the molecule is CC(C)C[C@@H](NC/C=C/c1ccc(F)c(F)c1)C(=O)O. The average molecular weight is 283 g/mol. The molecular weight excluding hydrogens is 264 g/mol. The van der Waals surface area contributed by atoms with E-state index >= 15 is 0 Å². The van der Waals surface area contributed by atoms with Crippen LogP contribution in [-0.4, -0.2) is 23.7 Å². The fraction of sp³-hybridized carbons (Fsp3) is 0.400. The molecule has 2 N–H and O–H groups in total. The highest BCUT2D eigenvalue weighted by Gasteiger charge is 2.16. The highest BCUT2D eigenvalue weighted by atomic mass is 19.2. The molecule has 0 unspecified atom stereocenters. The first-order chi connectivity index (χ1) is 9.40. The summed E-state index contributed by atoms with van der Waals surface area (Å²) in [5.41, 5.74) is 0.529. The molecule has 20 heavy (non-hydrogen) atoms. The van der Waals surface area contributed by atoms with Crippen LogP contribution in [0.15, 0.2) is 24.3 Å². The normalized spacial score (nSPS) is 13.1. The van der Waals surface area contributed by atoms with Gasteiger partial charge in [0.15, 0.2) is 11.6 Å². The van der Waals surface area contributed by atoms with Gasteiger partial charge in [-0.25, -0.2) is 8.78 Å². The minimum absolute atomic E-state index is 0.277. The average Bonchev–Trinajstić information content (AvgIpc) is 2.36. The second kappa shape index (κ2) is 7.75. The topological polar surface area (TPSA) is 49.3 Å². The maximum absolute atomic E-state index is 13.0. The summed E-state index contributed by atoms with van der Waals surface area (Å²) in [4.78, 5) is 11.0. The first-order valence-corrected chi connectivity index (χ1v) is 6.48. The van der Waals surface area contributed by atoms with Gasteiger partial charge in [-0.3, -0.25) is 4.79 Å². The summed E-state index contributed by atoms with van der Waals surface area (Å²) in [6.45, 7) is 4.26. The van der Waals surface area contributed by atoms with Crippen molar-refractivity contribution < 1.29 is 18.7 Å². The second-order valence-electron chi connectivity index (χ2n) is 5.00. The van der Waals surface area contributed by atoms with Gasteiger partial charge in [0.1, 0.15) is 6.04 Å². The molecule has 0 aromatic heterocycles. The maximum atomic E-state index is 13.0. The van der Waals surface area contributed by atoms with E-state index < -0.39 is 23.6 Å². The molecule has 0 heterocycles. The maximum Gasteiger partial charge on any atom is 0.320 e. The van der Waals surface area contributed by atoms with Gasteiger partial charge in [0.05, 0.1) is 0 Å². The standard InChI is InChI=1S/C15H19F2NO2/c1-10(2)8-14(15(19)20)18-7-3-4-11-5-6-12(16)13(17)9-11/h3-6,9-10,14,18H,7-8H2,1-2H3,(H,19,20)/b4-3+/t14-/m1/s1. The van der Waals surface area contributed by atoms with Crippen LogP contribution in [0.1, 0.15) is 25.8 Å². The van der Waals surface area contributed by atoms with E-state index in [1.165, 1.54) is 6.07 Å². The lowest BCUT2D eigenvalue weighted by Crippen LogP contribution is -2.37. The van der Waals surface area contributed by atoms with E-state index in [0.717, 1.165) is 12.1 Å². The number of nitrogens with one attached hydrogen (secondary N) is 1. The first-order valence-electron chi connectivity index (χ1n) is 6.48. The lowest BCUT2D eigenvalue weighted by molar-refractivity contribution is -0.139. The predicted octanol–water partition coefficient (Wildman–Crippen LogP) is 3.07. The number of hydrogen-bond donors (Lipinski definition) is 2. The molecule has 0 fully saturated rings. The molecule has 1 rings (SSSR count). The van der Waals surface area contributed by atoms with Crippen molar-refractivity contribution in [1.82, 2.24) is 5.32 Å². The van der Waals surface area contributed by atoms with E-state index in [-0.39, 0.29) is 5.92 Å². The smallest absolute Gasteiger partial charge is 0.320 e. The largest absolute Gasteiger partial charge is 0.480 e. The van der Waals surface area contributed by atoms with Crippen molar-refractivity contribution in [1.29, 1.82) is 0 Å². The molecule has 0 aliphatic heterocycles. The highest BCUT2D eigenvalue weighted by Crippen LogP contribution is 2.10. The van der Waals surface area contributed by atoms with E-state index in [0.29, 0.717) is 18.5 Å². The van der Waals surface area contributed by atoms with Gasteiger partial charge in [-0.1, -0.05) is 32.1 Å². The van der Waals surface area contributed by atoms with E-state index in [4.69, 9.17) is 5.11 Å². The molecule has 0 bridgehead atoms. The molecule has 0 saturated heterocycles. The number of aliphatic carboxylic acids is 1. The van der Waals surface area contributed by atoms with Gasteiger partial charge < -0.3 is 10.4 Å². The lowest BCUT2D eigenvalue weighted by atomic mass is 10.0. The van der Waals surface area contributed by atoms with Crippen LogP contribution in [0.25, 0.3) is 6.08 Å². The van der Waals surface area contributed by atoms with Gasteiger partial charge in [0.25, 0.3) is 0 Å². The fourth-order valence-corrected chi connectivity index (χ4v) is 1.76. The lowest BCUT2D eigenvalue weighted by Gasteiger charge is -2.15.